The van der Waals surface area contributed by atoms with E-state index in [1.807, 2.05) is 32.0 Å². The summed E-state index contributed by atoms with van der Waals surface area (Å²) >= 11 is 0. The first-order valence-electron chi connectivity index (χ1n) is 9.07. The van der Waals surface area contributed by atoms with Gasteiger partial charge in [0.1, 0.15) is 12.3 Å². The molecule has 3 rings (SSSR count). The Morgan fingerprint density at radius 3 is 2.45 bits per heavy atom. The highest BCUT2D eigenvalue weighted by Crippen LogP contribution is 2.23. The van der Waals surface area contributed by atoms with Crippen molar-refractivity contribution in [3.8, 4) is 5.75 Å². The van der Waals surface area contributed by atoms with Crippen LogP contribution in [0.2, 0.25) is 0 Å². The smallest absolute Gasteiger partial charge is 0.343 e. The molecule has 0 saturated heterocycles. The topological polar surface area (TPSA) is 86.6 Å². The summed E-state index contributed by atoms with van der Waals surface area (Å²) in [5.41, 5.74) is 2.46. The highest BCUT2D eigenvalue weighted by Gasteiger charge is 2.12. The van der Waals surface area contributed by atoms with Gasteiger partial charge in [-0.05, 0) is 55.3 Å². The van der Waals surface area contributed by atoms with Crippen molar-refractivity contribution in [2.75, 3.05) is 19.0 Å². The van der Waals surface area contributed by atoms with Crippen LogP contribution < -0.4 is 15.6 Å². The largest absolute Gasteiger partial charge is 0.481 e. The molecule has 7 heteroatoms. The molecule has 0 saturated carbocycles. The number of hydrogen-bond acceptors (Lipinski definition) is 5. The first kappa shape index (κ1) is 20.1. The van der Waals surface area contributed by atoms with Gasteiger partial charge >= 0.3 is 5.97 Å². The molecule has 0 fully saturated rings. The molecule has 0 spiro atoms. The van der Waals surface area contributed by atoms with E-state index in [4.69, 9.17) is 4.74 Å². The van der Waals surface area contributed by atoms with Crippen molar-refractivity contribution in [1.82, 2.24) is 4.57 Å². The lowest BCUT2D eigenvalue weighted by atomic mass is 10.1. The Kier molecular flexibility index (Phi) is 5.97. The third-order valence-corrected chi connectivity index (χ3v) is 4.37. The third-order valence-electron chi connectivity index (χ3n) is 4.37. The molecule has 150 valence electrons. The van der Waals surface area contributed by atoms with E-state index in [1.165, 1.54) is 17.9 Å². The Morgan fingerprint density at radius 1 is 1.03 bits per heavy atom. The molecule has 0 aliphatic heterocycles. The van der Waals surface area contributed by atoms with Crippen LogP contribution in [-0.4, -0.2) is 30.2 Å². The minimum Gasteiger partial charge on any atom is -0.481 e. The lowest BCUT2D eigenvalue weighted by Gasteiger charge is -2.11. The predicted octanol–water partition coefficient (Wildman–Crippen LogP) is 2.81. The Morgan fingerprint density at radius 2 is 1.76 bits per heavy atom. The second-order valence-electron chi connectivity index (χ2n) is 6.76. The summed E-state index contributed by atoms with van der Waals surface area (Å²) in [5.74, 6) is -0.412. The van der Waals surface area contributed by atoms with E-state index in [2.05, 4.69) is 10.1 Å². The maximum atomic E-state index is 12.8. The van der Waals surface area contributed by atoms with Gasteiger partial charge in [-0.15, -0.1) is 0 Å². The van der Waals surface area contributed by atoms with E-state index in [9.17, 15) is 14.4 Å². The van der Waals surface area contributed by atoms with Crippen molar-refractivity contribution >= 4 is 28.3 Å². The molecule has 0 unspecified atom stereocenters. The van der Waals surface area contributed by atoms with E-state index in [0.717, 1.165) is 11.1 Å². The zero-order valence-corrected chi connectivity index (χ0v) is 16.5. The quantitative estimate of drug-likeness (QED) is 0.650. The van der Waals surface area contributed by atoms with Crippen LogP contribution in [0.4, 0.5) is 5.69 Å². The molecule has 1 heterocycles. The molecule has 7 nitrogen and oxygen atoms in total. The number of anilines is 1. The van der Waals surface area contributed by atoms with Gasteiger partial charge in [0.15, 0.2) is 6.61 Å². The van der Waals surface area contributed by atoms with Gasteiger partial charge in [-0.25, -0.2) is 4.79 Å². The van der Waals surface area contributed by atoms with Gasteiger partial charge in [0.25, 0.3) is 5.56 Å². The SMILES string of the molecule is COC(=O)COc1cccc2c(=O)n(CC(=O)Nc3cc(C)cc(C)c3)ccc12. The summed E-state index contributed by atoms with van der Waals surface area (Å²) in [5, 5.41) is 3.78. The third kappa shape index (κ3) is 4.82. The van der Waals surface area contributed by atoms with Gasteiger partial charge < -0.3 is 19.4 Å². The molecule has 0 radical (unpaired) electrons. The van der Waals surface area contributed by atoms with Crippen molar-refractivity contribution < 1.29 is 19.1 Å². The van der Waals surface area contributed by atoms with Crippen LogP contribution in [-0.2, 0) is 20.9 Å². The fourth-order valence-electron chi connectivity index (χ4n) is 3.14. The van der Waals surface area contributed by atoms with Crippen LogP contribution in [0.25, 0.3) is 10.8 Å². The zero-order chi connectivity index (χ0) is 21.0. The van der Waals surface area contributed by atoms with Crippen molar-refractivity contribution in [2.45, 2.75) is 20.4 Å². The van der Waals surface area contributed by atoms with E-state index < -0.39 is 5.97 Å². The lowest BCUT2D eigenvalue weighted by molar-refractivity contribution is -0.142. The number of esters is 1. The van der Waals surface area contributed by atoms with Crippen LogP contribution in [0.5, 0.6) is 5.75 Å². The predicted molar refractivity (Wildman–Crippen MR) is 110 cm³/mol. The van der Waals surface area contributed by atoms with Crippen LogP contribution in [0, 0.1) is 13.8 Å². The fraction of sp³-hybridized carbons (Fsp3) is 0.227. The van der Waals surface area contributed by atoms with Crippen LogP contribution in [0.3, 0.4) is 0 Å². The van der Waals surface area contributed by atoms with E-state index >= 15 is 0 Å². The monoisotopic (exact) mass is 394 g/mol. The number of aryl methyl sites for hydroxylation is 2. The molecule has 0 atom stereocenters. The Balaban J connectivity index is 1.81. The van der Waals surface area contributed by atoms with Gasteiger partial charge in [-0.3, -0.25) is 9.59 Å². The number of pyridine rings is 1. The summed E-state index contributed by atoms with van der Waals surface area (Å²) in [7, 11) is 1.27. The number of aromatic nitrogens is 1. The number of fused-ring (bicyclic) bond motifs is 1. The molecule has 3 aromatic rings. The standard InChI is InChI=1S/C22H22N2O5/c1-14-9-15(2)11-16(10-14)23-20(25)12-24-8-7-17-18(22(24)27)5-4-6-19(17)29-13-21(26)28-3/h4-11H,12-13H2,1-3H3,(H,23,25). The Hall–Kier alpha value is -3.61. The molecule has 0 aliphatic rings. The number of nitrogens with one attached hydrogen (secondary N) is 1. The van der Waals surface area contributed by atoms with E-state index in [-0.39, 0.29) is 24.6 Å². The summed E-state index contributed by atoms with van der Waals surface area (Å²) < 4.78 is 11.3. The number of carbonyl (C=O) groups is 2. The number of hydrogen-bond donors (Lipinski definition) is 1. The number of benzene rings is 2. The zero-order valence-electron chi connectivity index (χ0n) is 16.5. The molecular formula is C22H22N2O5. The normalized spacial score (nSPS) is 10.6. The highest BCUT2D eigenvalue weighted by atomic mass is 16.6. The molecular weight excluding hydrogens is 372 g/mol. The summed E-state index contributed by atoms with van der Waals surface area (Å²) in [6.45, 7) is 3.54. The van der Waals surface area contributed by atoms with Gasteiger partial charge in [-0.2, -0.15) is 0 Å². The Bertz CT molecular complexity index is 1110. The number of ether oxygens (including phenoxy) is 2. The van der Waals surface area contributed by atoms with Crippen LogP contribution >= 0.6 is 0 Å². The van der Waals surface area contributed by atoms with Gasteiger partial charge in [0.05, 0.1) is 12.5 Å². The van der Waals surface area contributed by atoms with Crippen LogP contribution in [0.1, 0.15) is 11.1 Å². The van der Waals surface area contributed by atoms with Gasteiger partial charge in [0, 0.05) is 17.3 Å². The first-order chi connectivity index (χ1) is 13.9. The summed E-state index contributed by atoms with van der Waals surface area (Å²) in [4.78, 5) is 36.5. The molecule has 0 bridgehead atoms. The molecule has 0 aliphatic carbocycles. The lowest BCUT2D eigenvalue weighted by Crippen LogP contribution is -2.27. The second-order valence-corrected chi connectivity index (χ2v) is 6.76. The molecule has 29 heavy (non-hydrogen) atoms. The van der Waals surface area contributed by atoms with Crippen molar-refractivity contribution in [2.24, 2.45) is 0 Å². The average molecular weight is 394 g/mol. The number of carbonyl (C=O) groups excluding carboxylic acids is 2. The molecule has 2 aromatic carbocycles. The minimum atomic E-state index is -0.515. The number of amides is 1. The van der Waals surface area contributed by atoms with E-state index in [0.29, 0.717) is 22.2 Å². The molecule has 1 amide bonds. The van der Waals surface area contributed by atoms with E-state index in [1.54, 1.807) is 24.3 Å². The number of methoxy groups -OCH3 is 1. The molecule has 1 N–H and O–H groups in total. The number of nitrogens with zero attached hydrogens (tertiary/aromatic N) is 1. The first-order valence-corrected chi connectivity index (χ1v) is 9.07. The van der Waals surface area contributed by atoms with Crippen molar-refractivity contribution in [3.05, 3.63) is 70.1 Å². The second kappa shape index (κ2) is 8.60. The maximum Gasteiger partial charge on any atom is 0.343 e. The molecule has 1 aromatic heterocycles. The number of rotatable bonds is 6. The van der Waals surface area contributed by atoms with Gasteiger partial charge in [0.2, 0.25) is 5.91 Å². The fourth-order valence-corrected chi connectivity index (χ4v) is 3.14. The summed E-state index contributed by atoms with van der Waals surface area (Å²) in [6, 6.07) is 12.4. The van der Waals surface area contributed by atoms with Crippen molar-refractivity contribution in [1.29, 1.82) is 0 Å². The average Bonchev–Trinajstić information content (AvgIpc) is 2.67. The van der Waals surface area contributed by atoms with Crippen molar-refractivity contribution in [3.63, 3.8) is 0 Å². The van der Waals surface area contributed by atoms with Crippen LogP contribution in [0.15, 0.2) is 53.5 Å². The summed E-state index contributed by atoms with van der Waals surface area (Å²) in [6.07, 6.45) is 1.54. The Labute approximate surface area is 167 Å². The maximum absolute atomic E-state index is 12.8. The van der Waals surface area contributed by atoms with Gasteiger partial charge in [-0.1, -0.05) is 12.1 Å². The minimum absolute atomic E-state index is 0.116. The highest BCUT2D eigenvalue weighted by molar-refractivity contribution is 5.91.